The number of carbonyl (C=O) groups excluding carboxylic acids is 1. The van der Waals surface area contributed by atoms with Gasteiger partial charge >= 0.3 is 5.97 Å². The summed E-state index contributed by atoms with van der Waals surface area (Å²) in [7, 11) is 1.46. The molecule has 0 N–H and O–H groups in total. The highest BCUT2D eigenvalue weighted by atomic mass is 32.1. The van der Waals surface area contributed by atoms with Crippen LogP contribution in [0.25, 0.3) is 0 Å². The molecule has 0 aliphatic carbocycles. The number of methoxy groups -OCH3 is 1. The quantitative estimate of drug-likeness (QED) is 0.767. The van der Waals surface area contributed by atoms with Crippen LogP contribution in [0, 0.1) is 5.92 Å². The summed E-state index contributed by atoms with van der Waals surface area (Å²) < 4.78 is 4.79. The van der Waals surface area contributed by atoms with Gasteiger partial charge in [-0.2, -0.15) is 0 Å². The first-order valence-electron chi connectivity index (χ1n) is 6.46. The number of hydrogen-bond donors (Lipinski definition) is 0. The Morgan fingerprint density at radius 2 is 2.50 bits per heavy atom. The van der Waals surface area contributed by atoms with E-state index in [1.807, 2.05) is 0 Å². The first kappa shape index (κ1) is 13.5. The van der Waals surface area contributed by atoms with Gasteiger partial charge in [-0.3, -0.25) is 9.69 Å². The standard InChI is InChI=1S/C13H20N2O2S/c1-3-4-12-14-11(9-18-12)8-15-6-5-10(7-15)13(16)17-2/h9-10H,3-8H2,1-2H3. The molecule has 1 atom stereocenters. The number of esters is 1. The summed E-state index contributed by atoms with van der Waals surface area (Å²) >= 11 is 1.74. The molecule has 0 radical (unpaired) electrons. The van der Waals surface area contributed by atoms with Crippen molar-refractivity contribution in [2.24, 2.45) is 5.92 Å². The molecule has 0 amide bonds. The number of hydrogen-bond acceptors (Lipinski definition) is 5. The molecule has 1 aromatic rings. The number of aryl methyl sites for hydroxylation is 1. The van der Waals surface area contributed by atoms with Gasteiger partial charge in [-0.05, 0) is 25.8 Å². The van der Waals surface area contributed by atoms with Crippen LogP contribution in [0.1, 0.15) is 30.5 Å². The van der Waals surface area contributed by atoms with Crippen LogP contribution in [-0.4, -0.2) is 36.1 Å². The van der Waals surface area contributed by atoms with E-state index in [4.69, 9.17) is 4.74 Å². The van der Waals surface area contributed by atoms with Gasteiger partial charge in [0.05, 0.1) is 23.7 Å². The molecule has 1 aliphatic heterocycles. The first-order chi connectivity index (χ1) is 8.72. The third-order valence-corrected chi connectivity index (χ3v) is 4.21. The molecule has 1 aliphatic rings. The van der Waals surface area contributed by atoms with E-state index in [9.17, 15) is 4.79 Å². The fraction of sp³-hybridized carbons (Fsp3) is 0.692. The summed E-state index contributed by atoms with van der Waals surface area (Å²) in [4.78, 5) is 18.3. The zero-order chi connectivity index (χ0) is 13.0. The van der Waals surface area contributed by atoms with Crippen molar-refractivity contribution in [3.8, 4) is 0 Å². The topological polar surface area (TPSA) is 42.4 Å². The van der Waals surface area contributed by atoms with Crippen LogP contribution in [0.15, 0.2) is 5.38 Å². The van der Waals surface area contributed by atoms with Crippen molar-refractivity contribution in [2.75, 3.05) is 20.2 Å². The molecule has 0 aromatic carbocycles. The Labute approximate surface area is 112 Å². The van der Waals surface area contributed by atoms with Gasteiger partial charge in [0, 0.05) is 18.5 Å². The Morgan fingerprint density at radius 3 is 3.22 bits per heavy atom. The molecule has 1 aromatic heterocycles. The van der Waals surface area contributed by atoms with E-state index in [0.717, 1.165) is 44.6 Å². The molecule has 1 fully saturated rings. The number of ether oxygens (including phenoxy) is 1. The van der Waals surface area contributed by atoms with Crippen molar-refractivity contribution in [3.05, 3.63) is 16.1 Å². The monoisotopic (exact) mass is 268 g/mol. The van der Waals surface area contributed by atoms with Crippen LogP contribution in [0.4, 0.5) is 0 Å². The lowest BCUT2D eigenvalue weighted by Gasteiger charge is -2.13. The Morgan fingerprint density at radius 1 is 1.67 bits per heavy atom. The highest BCUT2D eigenvalue weighted by molar-refractivity contribution is 7.09. The predicted molar refractivity (Wildman–Crippen MR) is 71.5 cm³/mol. The van der Waals surface area contributed by atoms with E-state index >= 15 is 0 Å². The molecule has 18 heavy (non-hydrogen) atoms. The van der Waals surface area contributed by atoms with Crippen molar-refractivity contribution < 1.29 is 9.53 Å². The first-order valence-corrected chi connectivity index (χ1v) is 7.34. The maximum atomic E-state index is 11.4. The molecule has 0 spiro atoms. The molecule has 1 unspecified atom stereocenters. The van der Waals surface area contributed by atoms with Gasteiger partial charge in [0.25, 0.3) is 0 Å². The second-order valence-corrected chi connectivity index (χ2v) is 5.67. The molecule has 5 heteroatoms. The zero-order valence-electron chi connectivity index (χ0n) is 11.0. The van der Waals surface area contributed by atoms with E-state index in [0.29, 0.717) is 0 Å². The van der Waals surface area contributed by atoms with Crippen LogP contribution < -0.4 is 0 Å². The Kier molecular flexibility index (Phi) is 4.72. The summed E-state index contributed by atoms with van der Waals surface area (Å²) in [5.74, 6) is -0.0359. The minimum atomic E-state index is -0.0811. The lowest BCUT2D eigenvalue weighted by Crippen LogP contribution is -2.23. The van der Waals surface area contributed by atoms with Crippen molar-refractivity contribution in [2.45, 2.75) is 32.7 Å². The normalized spacial score (nSPS) is 20.2. The van der Waals surface area contributed by atoms with E-state index in [1.54, 1.807) is 11.3 Å². The third kappa shape index (κ3) is 3.29. The van der Waals surface area contributed by atoms with Gasteiger partial charge < -0.3 is 4.74 Å². The highest BCUT2D eigenvalue weighted by Gasteiger charge is 2.29. The minimum absolute atomic E-state index is 0.0451. The Hall–Kier alpha value is -0.940. The maximum absolute atomic E-state index is 11.4. The van der Waals surface area contributed by atoms with Crippen LogP contribution in [-0.2, 0) is 22.5 Å². The smallest absolute Gasteiger partial charge is 0.310 e. The second-order valence-electron chi connectivity index (χ2n) is 4.73. The van der Waals surface area contributed by atoms with Gasteiger partial charge in [0.15, 0.2) is 0 Å². The SMILES string of the molecule is CCCc1nc(CN2CCC(C(=O)OC)C2)cs1. The lowest BCUT2D eigenvalue weighted by molar-refractivity contribution is -0.144. The molecule has 1 saturated heterocycles. The fourth-order valence-electron chi connectivity index (χ4n) is 2.31. The van der Waals surface area contributed by atoms with Crippen molar-refractivity contribution in [1.82, 2.24) is 9.88 Å². The van der Waals surface area contributed by atoms with Crippen LogP contribution >= 0.6 is 11.3 Å². The molecular weight excluding hydrogens is 248 g/mol. The average Bonchev–Trinajstić information content (AvgIpc) is 2.99. The summed E-state index contributed by atoms with van der Waals surface area (Å²) in [6, 6.07) is 0. The summed E-state index contributed by atoms with van der Waals surface area (Å²) in [6.07, 6.45) is 3.11. The van der Waals surface area contributed by atoms with Gasteiger partial charge in [0.1, 0.15) is 0 Å². The van der Waals surface area contributed by atoms with E-state index in [1.165, 1.54) is 12.1 Å². The summed E-state index contributed by atoms with van der Waals surface area (Å²) in [5.41, 5.74) is 1.13. The third-order valence-electron chi connectivity index (χ3n) is 3.26. The number of carbonyl (C=O) groups is 1. The molecule has 2 rings (SSSR count). The highest BCUT2D eigenvalue weighted by Crippen LogP contribution is 2.20. The number of aromatic nitrogens is 1. The Bertz CT molecular complexity index is 405. The Balaban J connectivity index is 1.85. The van der Waals surface area contributed by atoms with Crippen LogP contribution in [0.2, 0.25) is 0 Å². The minimum Gasteiger partial charge on any atom is -0.469 e. The van der Waals surface area contributed by atoms with E-state index in [2.05, 4.69) is 22.2 Å². The largest absolute Gasteiger partial charge is 0.469 e. The van der Waals surface area contributed by atoms with Gasteiger partial charge in [0.2, 0.25) is 0 Å². The van der Waals surface area contributed by atoms with Gasteiger partial charge in [-0.1, -0.05) is 6.92 Å². The van der Waals surface area contributed by atoms with Crippen molar-refractivity contribution >= 4 is 17.3 Å². The second kappa shape index (κ2) is 6.29. The molecule has 2 heterocycles. The molecular formula is C13H20N2O2S. The van der Waals surface area contributed by atoms with Crippen molar-refractivity contribution in [1.29, 1.82) is 0 Å². The summed E-state index contributed by atoms with van der Waals surface area (Å²) in [5, 5.41) is 3.35. The zero-order valence-corrected chi connectivity index (χ0v) is 11.8. The van der Waals surface area contributed by atoms with Crippen LogP contribution in [0.5, 0.6) is 0 Å². The summed E-state index contributed by atoms with van der Waals surface area (Å²) in [6.45, 7) is 4.78. The van der Waals surface area contributed by atoms with Gasteiger partial charge in [-0.25, -0.2) is 4.98 Å². The number of rotatable bonds is 5. The van der Waals surface area contributed by atoms with Crippen LogP contribution in [0.3, 0.4) is 0 Å². The number of thiazole rings is 1. The van der Waals surface area contributed by atoms with Crippen molar-refractivity contribution in [3.63, 3.8) is 0 Å². The fourth-order valence-corrected chi connectivity index (χ4v) is 3.21. The van der Waals surface area contributed by atoms with Gasteiger partial charge in [-0.15, -0.1) is 11.3 Å². The molecule has 0 bridgehead atoms. The molecule has 0 saturated carbocycles. The lowest BCUT2D eigenvalue weighted by atomic mass is 10.1. The van der Waals surface area contributed by atoms with E-state index < -0.39 is 0 Å². The molecule has 4 nitrogen and oxygen atoms in total. The molecule has 100 valence electrons. The average molecular weight is 268 g/mol. The van der Waals surface area contributed by atoms with E-state index in [-0.39, 0.29) is 11.9 Å². The maximum Gasteiger partial charge on any atom is 0.310 e. The number of nitrogens with zero attached hydrogens (tertiary/aromatic N) is 2. The number of likely N-dealkylation sites (tertiary alicyclic amines) is 1. The predicted octanol–water partition coefficient (Wildman–Crippen LogP) is 2.09.